The molecule has 0 atom stereocenters. The van der Waals surface area contributed by atoms with Crippen molar-refractivity contribution in [2.45, 2.75) is 5.79 Å². The van der Waals surface area contributed by atoms with E-state index in [0.717, 1.165) is 0 Å². The van der Waals surface area contributed by atoms with Crippen LogP contribution in [0.2, 0.25) is 0 Å². The van der Waals surface area contributed by atoms with Crippen molar-refractivity contribution in [3.05, 3.63) is 0 Å². The fourth-order valence-electron chi connectivity index (χ4n) is 0.222. The number of nitrogens with two attached hydrogens (primary N) is 3. The quantitative estimate of drug-likeness (QED) is 0.308. The molecule has 0 aromatic rings. The highest BCUT2D eigenvalue weighted by Gasteiger charge is 2.09. The first-order valence-corrected chi connectivity index (χ1v) is 2.11. The lowest BCUT2D eigenvalue weighted by atomic mass is 10.4. The summed E-state index contributed by atoms with van der Waals surface area (Å²) in [6.45, 7) is -0.461. The third kappa shape index (κ3) is 5.80. The number of aliphatic hydroxyl groups is 1. The summed E-state index contributed by atoms with van der Waals surface area (Å²) >= 11 is 0. The first-order chi connectivity index (χ1) is 3.56. The predicted octanol–water partition coefficient (Wildman–Crippen LogP) is -2.52. The average molecular weight is 121 g/mol. The summed E-state index contributed by atoms with van der Waals surface area (Å²) < 4.78 is 4.38. The van der Waals surface area contributed by atoms with Gasteiger partial charge in [0.05, 0.1) is 6.61 Å². The van der Waals surface area contributed by atoms with Gasteiger partial charge >= 0.3 is 0 Å². The van der Waals surface area contributed by atoms with Gasteiger partial charge in [-0.1, -0.05) is 0 Å². The maximum absolute atomic E-state index is 8.04. The summed E-state index contributed by atoms with van der Waals surface area (Å²) in [7, 11) is 0. The molecule has 0 radical (unpaired) electrons. The normalized spacial score (nSPS) is 12.0. The molecule has 0 fully saturated rings. The largest absolute Gasteiger partial charge is 0.371 e. The zero-order valence-electron chi connectivity index (χ0n) is 4.50. The molecule has 0 aromatic carbocycles. The molecule has 7 N–H and O–H groups in total. The van der Waals surface area contributed by atoms with Crippen LogP contribution in [0.1, 0.15) is 0 Å². The van der Waals surface area contributed by atoms with Crippen LogP contribution in [0.15, 0.2) is 0 Å². The molecule has 0 amide bonds. The van der Waals surface area contributed by atoms with Crippen LogP contribution in [0.4, 0.5) is 0 Å². The average Bonchev–Trinajstić information content (AvgIpc) is 1.59. The summed E-state index contributed by atoms with van der Waals surface area (Å²) in [4.78, 5) is 0. The van der Waals surface area contributed by atoms with Crippen molar-refractivity contribution >= 4 is 0 Å². The molecule has 0 heterocycles. The van der Waals surface area contributed by atoms with Gasteiger partial charge < -0.3 is 9.84 Å². The summed E-state index contributed by atoms with van der Waals surface area (Å²) in [5, 5.41) is 8.04. The SMILES string of the molecule is NC(N)(N)COCO. The van der Waals surface area contributed by atoms with Gasteiger partial charge in [-0.15, -0.1) is 0 Å². The summed E-state index contributed by atoms with van der Waals surface area (Å²) in [6, 6.07) is 0. The molecule has 5 nitrogen and oxygen atoms in total. The molecule has 0 aliphatic carbocycles. The van der Waals surface area contributed by atoms with Crippen LogP contribution in [-0.4, -0.2) is 24.3 Å². The van der Waals surface area contributed by atoms with E-state index in [1.807, 2.05) is 0 Å². The summed E-state index contributed by atoms with van der Waals surface area (Å²) in [5.74, 6) is -1.33. The lowest BCUT2D eigenvalue weighted by Gasteiger charge is -2.16. The van der Waals surface area contributed by atoms with Gasteiger partial charge in [0.1, 0.15) is 12.6 Å². The minimum Gasteiger partial charge on any atom is -0.371 e. The van der Waals surface area contributed by atoms with Gasteiger partial charge in [-0.2, -0.15) is 0 Å². The van der Waals surface area contributed by atoms with Crippen LogP contribution < -0.4 is 17.2 Å². The van der Waals surface area contributed by atoms with Gasteiger partial charge in [-0.25, -0.2) is 0 Å². The number of ether oxygens (including phenoxy) is 1. The third-order valence-electron chi connectivity index (χ3n) is 0.443. The first kappa shape index (κ1) is 7.80. The Kier molecular flexibility index (Phi) is 2.88. The van der Waals surface area contributed by atoms with Crippen LogP contribution in [0, 0.1) is 0 Å². The topological polar surface area (TPSA) is 108 Å². The molecular weight excluding hydrogens is 110 g/mol. The number of aliphatic hydroxyl groups excluding tert-OH is 1. The van der Waals surface area contributed by atoms with Gasteiger partial charge in [0.15, 0.2) is 0 Å². The molecule has 0 aliphatic rings. The maximum Gasteiger partial charge on any atom is 0.143 e. The van der Waals surface area contributed by atoms with E-state index in [-0.39, 0.29) is 6.61 Å². The first-order valence-electron chi connectivity index (χ1n) is 2.11. The van der Waals surface area contributed by atoms with Crippen LogP contribution in [0.5, 0.6) is 0 Å². The Labute approximate surface area is 47.4 Å². The molecule has 0 bridgehead atoms. The summed E-state index contributed by atoms with van der Waals surface area (Å²) in [5.41, 5.74) is 15.1. The van der Waals surface area contributed by atoms with E-state index in [0.29, 0.717) is 0 Å². The van der Waals surface area contributed by atoms with Crippen molar-refractivity contribution < 1.29 is 9.84 Å². The lowest BCUT2D eigenvalue weighted by molar-refractivity contribution is -0.0219. The predicted molar refractivity (Wildman–Crippen MR) is 28.3 cm³/mol. The molecule has 0 saturated heterocycles. The van der Waals surface area contributed by atoms with Gasteiger partial charge in [0, 0.05) is 0 Å². The van der Waals surface area contributed by atoms with Crippen LogP contribution >= 0.6 is 0 Å². The maximum atomic E-state index is 8.04. The second kappa shape index (κ2) is 2.95. The molecule has 0 aromatic heterocycles. The molecule has 0 unspecified atom stereocenters. The molecule has 0 rings (SSSR count). The fourth-order valence-corrected chi connectivity index (χ4v) is 0.222. The van der Waals surface area contributed by atoms with Crippen molar-refractivity contribution in [3.8, 4) is 0 Å². The Morgan fingerprint density at radius 2 is 1.88 bits per heavy atom. The van der Waals surface area contributed by atoms with Gasteiger partial charge in [-0.05, 0) is 0 Å². The van der Waals surface area contributed by atoms with E-state index in [4.69, 9.17) is 22.3 Å². The highest BCUT2D eigenvalue weighted by atomic mass is 16.6. The minimum absolute atomic E-state index is 0.0521. The Morgan fingerprint density at radius 3 is 2.00 bits per heavy atom. The lowest BCUT2D eigenvalue weighted by Crippen LogP contribution is -2.61. The molecular formula is C3H11N3O2. The number of hydrogen-bond acceptors (Lipinski definition) is 5. The van der Waals surface area contributed by atoms with Crippen molar-refractivity contribution in [1.82, 2.24) is 0 Å². The third-order valence-corrected chi connectivity index (χ3v) is 0.443. The van der Waals surface area contributed by atoms with Crippen molar-refractivity contribution in [3.63, 3.8) is 0 Å². The molecule has 5 heteroatoms. The van der Waals surface area contributed by atoms with E-state index in [2.05, 4.69) is 4.74 Å². The van der Waals surface area contributed by atoms with Gasteiger partial charge in [-0.3, -0.25) is 17.2 Å². The number of hydrogen-bond donors (Lipinski definition) is 4. The highest BCUT2D eigenvalue weighted by molar-refractivity contribution is 4.64. The smallest absolute Gasteiger partial charge is 0.143 e. The highest BCUT2D eigenvalue weighted by Crippen LogP contribution is 1.77. The van der Waals surface area contributed by atoms with Crippen LogP contribution in [-0.2, 0) is 4.74 Å². The Hall–Kier alpha value is -0.200. The van der Waals surface area contributed by atoms with Crippen LogP contribution in [0.25, 0.3) is 0 Å². The summed E-state index contributed by atoms with van der Waals surface area (Å²) in [6.07, 6.45) is 0. The van der Waals surface area contributed by atoms with Crippen molar-refractivity contribution in [2.24, 2.45) is 17.2 Å². The van der Waals surface area contributed by atoms with E-state index in [9.17, 15) is 0 Å². The Morgan fingerprint density at radius 1 is 1.38 bits per heavy atom. The van der Waals surface area contributed by atoms with Crippen molar-refractivity contribution in [1.29, 1.82) is 0 Å². The van der Waals surface area contributed by atoms with Crippen LogP contribution in [0.3, 0.4) is 0 Å². The zero-order chi connectivity index (χ0) is 6.62. The molecule has 0 saturated carbocycles. The fraction of sp³-hybridized carbons (Fsp3) is 1.00. The van der Waals surface area contributed by atoms with Crippen molar-refractivity contribution in [2.75, 3.05) is 13.4 Å². The number of rotatable bonds is 3. The Bertz CT molecular complexity index is 60.0. The standard InChI is InChI=1S/C3H11N3O2/c4-3(5,6)1-8-2-7/h7H,1-2,4-6H2. The Balaban J connectivity index is 3.11. The van der Waals surface area contributed by atoms with E-state index in [1.54, 1.807) is 0 Å². The van der Waals surface area contributed by atoms with E-state index in [1.165, 1.54) is 0 Å². The monoisotopic (exact) mass is 121 g/mol. The van der Waals surface area contributed by atoms with Gasteiger partial charge in [0.25, 0.3) is 0 Å². The second-order valence-corrected chi connectivity index (χ2v) is 1.59. The van der Waals surface area contributed by atoms with E-state index >= 15 is 0 Å². The molecule has 0 aliphatic heterocycles. The molecule has 8 heavy (non-hydrogen) atoms. The van der Waals surface area contributed by atoms with E-state index < -0.39 is 12.6 Å². The zero-order valence-corrected chi connectivity index (χ0v) is 4.50. The minimum atomic E-state index is -1.33. The molecule has 0 spiro atoms. The second-order valence-electron chi connectivity index (χ2n) is 1.59. The molecule has 50 valence electrons. The van der Waals surface area contributed by atoms with Gasteiger partial charge in [0.2, 0.25) is 0 Å².